The van der Waals surface area contributed by atoms with E-state index in [4.69, 9.17) is 0 Å². The minimum Gasteiger partial charge on any atom is -0.0814 e. The molecule has 1 aliphatic carbocycles. The third-order valence-electron chi connectivity index (χ3n) is 1.41. The highest BCUT2D eigenvalue weighted by molar-refractivity contribution is 14.1. The number of hydrogen-bond acceptors (Lipinski definition) is 0. The minimum atomic E-state index is 0.925. The van der Waals surface area contributed by atoms with Crippen molar-refractivity contribution in [1.29, 1.82) is 0 Å². The molecule has 0 radical (unpaired) electrons. The highest BCUT2D eigenvalue weighted by Crippen LogP contribution is 2.36. The van der Waals surface area contributed by atoms with Gasteiger partial charge in [-0.05, 0) is 12.8 Å². The van der Waals surface area contributed by atoms with E-state index in [2.05, 4.69) is 67.8 Å². The van der Waals surface area contributed by atoms with Crippen LogP contribution in [0, 0.1) is 0 Å². The number of hydrogen-bond donors (Lipinski definition) is 0. The number of halogens is 3. The largest absolute Gasteiger partial charge is 0.0814 e. The van der Waals surface area contributed by atoms with E-state index in [-0.39, 0.29) is 0 Å². The predicted octanol–water partition coefficient (Wildman–Crippen LogP) is 3.19. The molecule has 8 heavy (non-hydrogen) atoms. The van der Waals surface area contributed by atoms with Gasteiger partial charge in [0.25, 0.3) is 0 Å². The van der Waals surface area contributed by atoms with Crippen LogP contribution < -0.4 is 0 Å². The Kier molecular flexibility index (Phi) is 3.67. The molecule has 1 saturated carbocycles. The average Bonchev–Trinajstić information content (AvgIpc) is 1.98. The highest BCUT2D eigenvalue weighted by atomic mass is 127. The molecule has 0 bridgehead atoms. The second kappa shape index (κ2) is 3.54. The highest BCUT2D eigenvalue weighted by Gasteiger charge is 2.29. The Bertz CT molecular complexity index is 73.7. The molecule has 0 aliphatic heterocycles. The third kappa shape index (κ3) is 1.83. The van der Waals surface area contributed by atoms with Gasteiger partial charge in [-0.25, -0.2) is 0 Å². The van der Waals surface area contributed by atoms with Gasteiger partial charge in [-0.15, -0.1) is 0 Å². The molecular formula is C5H7I3. The second-order valence-electron chi connectivity index (χ2n) is 2.05. The third-order valence-corrected chi connectivity index (χ3v) is 8.69. The average molecular weight is 448 g/mol. The van der Waals surface area contributed by atoms with E-state index < -0.39 is 0 Å². The van der Waals surface area contributed by atoms with Crippen LogP contribution in [-0.4, -0.2) is 11.8 Å². The Hall–Kier alpha value is 2.19. The monoisotopic (exact) mass is 448 g/mol. The zero-order valence-electron chi connectivity index (χ0n) is 4.28. The fourth-order valence-corrected chi connectivity index (χ4v) is 4.10. The quantitative estimate of drug-likeness (QED) is 0.395. The van der Waals surface area contributed by atoms with Crippen LogP contribution in [0.15, 0.2) is 0 Å². The first-order chi connectivity index (χ1) is 3.72. The summed E-state index contributed by atoms with van der Waals surface area (Å²) in [6, 6.07) is 0. The number of alkyl halides is 3. The van der Waals surface area contributed by atoms with Crippen molar-refractivity contribution in [2.75, 3.05) is 0 Å². The van der Waals surface area contributed by atoms with Gasteiger partial charge < -0.3 is 0 Å². The van der Waals surface area contributed by atoms with Crippen molar-refractivity contribution in [3.63, 3.8) is 0 Å². The summed E-state index contributed by atoms with van der Waals surface area (Å²) in [5, 5.41) is 0. The maximum absolute atomic E-state index is 2.57. The Labute approximate surface area is 91.0 Å². The molecule has 0 N–H and O–H groups in total. The van der Waals surface area contributed by atoms with Gasteiger partial charge >= 0.3 is 0 Å². The smallest absolute Gasteiger partial charge is 0.0345 e. The van der Waals surface area contributed by atoms with Gasteiger partial charge in [0, 0.05) is 11.8 Å². The number of rotatable bonds is 0. The minimum absolute atomic E-state index is 0.925. The topological polar surface area (TPSA) is 0 Å². The van der Waals surface area contributed by atoms with Gasteiger partial charge in [-0.1, -0.05) is 67.8 Å². The van der Waals surface area contributed by atoms with Gasteiger partial charge in [0.2, 0.25) is 0 Å². The summed E-state index contributed by atoms with van der Waals surface area (Å²) >= 11 is 7.69. The summed E-state index contributed by atoms with van der Waals surface area (Å²) in [6.07, 6.45) is 2.86. The lowest BCUT2D eigenvalue weighted by Crippen LogP contribution is -2.11. The maximum atomic E-state index is 2.57. The predicted molar refractivity (Wildman–Crippen MR) is 62.7 cm³/mol. The van der Waals surface area contributed by atoms with Crippen LogP contribution in [0.1, 0.15) is 12.8 Å². The Morgan fingerprint density at radius 3 is 1.38 bits per heavy atom. The van der Waals surface area contributed by atoms with E-state index in [0.29, 0.717) is 0 Å². The lowest BCUT2D eigenvalue weighted by molar-refractivity contribution is 0.926. The standard InChI is InChI=1S/C5H7I3/c6-3-1-2-4(7)5(3)8/h3-5H,1-2H2/t3-,4+,5?. The van der Waals surface area contributed by atoms with E-state index >= 15 is 0 Å². The first-order valence-corrected chi connectivity index (χ1v) is 6.37. The molecule has 1 fully saturated rings. The molecule has 0 heterocycles. The Balaban J connectivity index is 2.44. The van der Waals surface area contributed by atoms with Gasteiger partial charge in [-0.2, -0.15) is 0 Å². The normalized spacial score (nSPS) is 47.6. The lowest BCUT2D eigenvalue weighted by atomic mass is 10.4. The van der Waals surface area contributed by atoms with Crippen molar-refractivity contribution in [3.05, 3.63) is 0 Å². The summed E-state index contributed by atoms with van der Waals surface area (Å²) in [5.74, 6) is 0. The van der Waals surface area contributed by atoms with Gasteiger partial charge in [0.15, 0.2) is 0 Å². The van der Waals surface area contributed by atoms with E-state index in [9.17, 15) is 0 Å². The summed E-state index contributed by atoms with van der Waals surface area (Å²) in [4.78, 5) is 0. The fraction of sp³-hybridized carbons (Fsp3) is 1.00. The van der Waals surface area contributed by atoms with E-state index in [1.54, 1.807) is 0 Å². The summed E-state index contributed by atoms with van der Waals surface area (Å²) in [6.45, 7) is 0. The molecule has 0 saturated heterocycles. The SMILES string of the molecule is IC1[C@H](I)CC[C@@H]1I. The van der Waals surface area contributed by atoms with Gasteiger partial charge in [-0.3, -0.25) is 0 Å². The van der Waals surface area contributed by atoms with Crippen molar-refractivity contribution in [1.82, 2.24) is 0 Å². The van der Waals surface area contributed by atoms with Crippen LogP contribution >= 0.6 is 67.8 Å². The van der Waals surface area contributed by atoms with Gasteiger partial charge in [0.05, 0.1) is 0 Å². The molecule has 0 aromatic rings. The Morgan fingerprint density at radius 1 is 0.875 bits per heavy atom. The van der Waals surface area contributed by atoms with Crippen molar-refractivity contribution < 1.29 is 0 Å². The summed E-state index contributed by atoms with van der Waals surface area (Å²) in [7, 11) is 0. The van der Waals surface area contributed by atoms with Crippen LogP contribution in [0.5, 0.6) is 0 Å². The zero-order chi connectivity index (χ0) is 6.15. The molecule has 0 spiro atoms. The Morgan fingerprint density at radius 2 is 1.25 bits per heavy atom. The summed E-state index contributed by atoms with van der Waals surface area (Å²) < 4.78 is 2.80. The van der Waals surface area contributed by atoms with E-state index in [1.165, 1.54) is 12.8 Å². The van der Waals surface area contributed by atoms with Crippen molar-refractivity contribution >= 4 is 67.8 Å². The fourth-order valence-electron chi connectivity index (χ4n) is 0.863. The van der Waals surface area contributed by atoms with Crippen LogP contribution in [0.2, 0.25) is 0 Å². The molecule has 1 rings (SSSR count). The van der Waals surface area contributed by atoms with Crippen molar-refractivity contribution in [2.24, 2.45) is 0 Å². The first-order valence-electron chi connectivity index (χ1n) is 2.64. The zero-order valence-corrected chi connectivity index (χ0v) is 10.8. The van der Waals surface area contributed by atoms with Crippen LogP contribution in [0.4, 0.5) is 0 Å². The van der Waals surface area contributed by atoms with Gasteiger partial charge in [0.1, 0.15) is 0 Å². The van der Waals surface area contributed by atoms with Crippen LogP contribution in [0.3, 0.4) is 0 Å². The molecule has 0 aromatic heterocycles. The van der Waals surface area contributed by atoms with E-state index in [1.807, 2.05) is 0 Å². The van der Waals surface area contributed by atoms with Crippen LogP contribution in [-0.2, 0) is 0 Å². The van der Waals surface area contributed by atoms with Crippen molar-refractivity contribution in [3.8, 4) is 0 Å². The molecule has 0 nitrogen and oxygen atoms in total. The molecule has 3 heteroatoms. The molecule has 1 aliphatic rings. The molecule has 1 unspecified atom stereocenters. The van der Waals surface area contributed by atoms with Crippen molar-refractivity contribution in [2.45, 2.75) is 24.6 Å². The van der Waals surface area contributed by atoms with E-state index in [0.717, 1.165) is 11.8 Å². The van der Waals surface area contributed by atoms with Crippen LogP contribution in [0.25, 0.3) is 0 Å². The molecular weight excluding hydrogens is 441 g/mol. The second-order valence-corrected chi connectivity index (χ2v) is 6.69. The first kappa shape index (κ1) is 8.29. The lowest BCUT2D eigenvalue weighted by Gasteiger charge is -2.06. The molecule has 3 atom stereocenters. The summed E-state index contributed by atoms with van der Waals surface area (Å²) in [5.41, 5.74) is 0. The molecule has 0 aromatic carbocycles. The maximum Gasteiger partial charge on any atom is 0.0345 e. The molecule has 48 valence electrons. The molecule has 0 amide bonds.